The standard InChI is InChI=1S/C20H16/c1-12-4-7-16-15(10-12)6-9-18-17-8-5-13(2)11-19(17)14(3)20(16)18/h4-11H,3H2,1-2H3. The fourth-order valence-electron chi connectivity index (χ4n) is 3.28. The van der Waals surface area contributed by atoms with Crippen molar-refractivity contribution in [2.45, 2.75) is 13.8 Å². The molecule has 1 aliphatic carbocycles. The number of hydrogen-bond acceptors (Lipinski definition) is 0. The van der Waals surface area contributed by atoms with Crippen LogP contribution in [0.3, 0.4) is 0 Å². The molecule has 0 aliphatic heterocycles. The monoisotopic (exact) mass is 256 g/mol. The molecule has 20 heavy (non-hydrogen) atoms. The SMILES string of the molecule is C=C1c2cc(C)ccc2-c2ccc3cc(C)ccc3c21. The molecule has 4 rings (SSSR count). The van der Waals surface area contributed by atoms with Crippen LogP contribution >= 0.6 is 0 Å². The van der Waals surface area contributed by atoms with Crippen LogP contribution in [0.5, 0.6) is 0 Å². The van der Waals surface area contributed by atoms with E-state index in [1.807, 2.05) is 0 Å². The fraction of sp³-hybridized carbons (Fsp3) is 0.100. The summed E-state index contributed by atoms with van der Waals surface area (Å²) in [6.07, 6.45) is 0. The maximum Gasteiger partial charge on any atom is -0.00263 e. The number of aryl methyl sites for hydroxylation is 2. The van der Waals surface area contributed by atoms with Crippen LogP contribution in [0.1, 0.15) is 22.3 Å². The van der Waals surface area contributed by atoms with E-state index in [0.717, 1.165) is 5.57 Å². The van der Waals surface area contributed by atoms with Gasteiger partial charge in [0.15, 0.2) is 0 Å². The van der Waals surface area contributed by atoms with Crippen LogP contribution in [0.25, 0.3) is 27.5 Å². The molecule has 0 spiro atoms. The molecule has 3 aromatic carbocycles. The second kappa shape index (κ2) is 3.83. The lowest BCUT2D eigenvalue weighted by molar-refractivity contribution is 1.46. The lowest BCUT2D eigenvalue weighted by Gasteiger charge is -2.07. The number of fused-ring (bicyclic) bond motifs is 5. The van der Waals surface area contributed by atoms with Crippen molar-refractivity contribution in [3.05, 3.63) is 77.4 Å². The molecule has 0 radical (unpaired) electrons. The van der Waals surface area contributed by atoms with Gasteiger partial charge in [-0.2, -0.15) is 0 Å². The molecule has 0 fully saturated rings. The van der Waals surface area contributed by atoms with E-state index < -0.39 is 0 Å². The minimum Gasteiger partial charge on any atom is -0.0905 e. The molecule has 0 heterocycles. The van der Waals surface area contributed by atoms with Gasteiger partial charge >= 0.3 is 0 Å². The lowest BCUT2D eigenvalue weighted by Crippen LogP contribution is -1.84. The zero-order chi connectivity index (χ0) is 13.9. The Morgan fingerprint density at radius 2 is 1.40 bits per heavy atom. The van der Waals surface area contributed by atoms with Crippen molar-refractivity contribution >= 4 is 16.3 Å². The third kappa shape index (κ3) is 1.42. The highest BCUT2D eigenvalue weighted by molar-refractivity contribution is 6.10. The smallest absolute Gasteiger partial charge is 0.00263 e. The van der Waals surface area contributed by atoms with E-state index in [9.17, 15) is 0 Å². The van der Waals surface area contributed by atoms with Crippen LogP contribution in [0.2, 0.25) is 0 Å². The Kier molecular flexibility index (Phi) is 2.20. The first-order valence-corrected chi connectivity index (χ1v) is 6.99. The summed E-state index contributed by atoms with van der Waals surface area (Å²) in [5.74, 6) is 0. The molecule has 0 saturated heterocycles. The number of rotatable bonds is 0. The second-order valence-corrected chi connectivity index (χ2v) is 5.74. The van der Waals surface area contributed by atoms with Gasteiger partial charge in [-0.3, -0.25) is 0 Å². The molecule has 1 aliphatic rings. The van der Waals surface area contributed by atoms with Gasteiger partial charge < -0.3 is 0 Å². The molecule has 0 bridgehead atoms. The van der Waals surface area contributed by atoms with Gasteiger partial charge in [-0.25, -0.2) is 0 Å². The summed E-state index contributed by atoms with van der Waals surface area (Å²) in [4.78, 5) is 0. The van der Waals surface area contributed by atoms with Gasteiger partial charge in [0.25, 0.3) is 0 Å². The third-order valence-electron chi connectivity index (χ3n) is 4.27. The Morgan fingerprint density at radius 3 is 2.25 bits per heavy atom. The zero-order valence-electron chi connectivity index (χ0n) is 11.8. The Bertz CT molecular complexity index is 882. The highest BCUT2D eigenvalue weighted by Crippen LogP contribution is 2.46. The average molecular weight is 256 g/mol. The molecule has 3 aromatic rings. The Labute approximate surface area is 119 Å². The van der Waals surface area contributed by atoms with Crippen molar-refractivity contribution in [2.24, 2.45) is 0 Å². The maximum atomic E-state index is 4.35. The van der Waals surface area contributed by atoms with E-state index >= 15 is 0 Å². The van der Waals surface area contributed by atoms with Crippen LogP contribution in [-0.4, -0.2) is 0 Å². The van der Waals surface area contributed by atoms with E-state index in [-0.39, 0.29) is 0 Å². The molecule has 0 atom stereocenters. The molecule has 0 amide bonds. The summed E-state index contributed by atoms with van der Waals surface area (Å²) in [5, 5.41) is 2.61. The molecular weight excluding hydrogens is 240 g/mol. The number of hydrogen-bond donors (Lipinski definition) is 0. The third-order valence-corrected chi connectivity index (χ3v) is 4.27. The minimum absolute atomic E-state index is 1.16. The minimum atomic E-state index is 1.16. The van der Waals surface area contributed by atoms with Crippen molar-refractivity contribution in [3.63, 3.8) is 0 Å². The van der Waals surface area contributed by atoms with Crippen LogP contribution in [-0.2, 0) is 0 Å². The van der Waals surface area contributed by atoms with Gasteiger partial charge in [-0.15, -0.1) is 0 Å². The fourth-order valence-corrected chi connectivity index (χ4v) is 3.28. The molecule has 0 nitrogen and oxygen atoms in total. The maximum absolute atomic E-state index is 4.35. The molecule has 0 aromatic heterocycles. The molecule has 0 heteroatoms. The normalized spacial score (nSPS) is 12.6. The summed E-state index contributed by atoms with van der Waals surface area (Å²) in [5.41, 5.74) is 8.98. The van der Waals surface area contributed by atoms with E-state index in [1.165, 1.54) is 44.2 Å². The zero-order valence-corrected chi connectivity index (χ0v) is 11.8. The first-order chi connectivity index (χ1) is 9.65. The van der Waals surface area contributed by atoms with Crippen molar-refractivity contribution in [1.82, 2.24) is 0 Å². The van der Waals surface area contributed by atoms with Crippen molar-refractivity contribution in [3.8, 4) is 11.1 Å². The molecule has 96 valence electrons. The van der Waals surface area contributed by atoms with Gasteiger partial charge in [0.1, 0.15) is 0 Å². The van der Waals surface area contributed by atoms with Gasteiger partial charge in [0, 0.05) is 0 Å². The van der Waals surface area contributed by atoms with E-state index in [2.05, 4.69) is 69.0 Å². The lowest BCUT2D eigenvalue weighted by atomic mass is 9.96. The molecule has 0 unspecified atom stereocenters. The van der Waals surface area contributed by atoms with E-state index in [4.69, 9.17) is 0 Å². The quantitative estimate of drug-likeness (QED) is 0.390. The van der Waals surface area contributed by atoms with Crippen LogP contribution in [0.15, 0.2) is 55.1 Å². The first kappa shape index (κ1) is 11.5. The Morgan fingerprint density at radius 1 is 0.700 bits per heavy atom. The molecular formula is C20H16. The summed E-state index contributed by atoms with van der Waals surface area (Å²) in [6, 6.07) is 17.8. The second-order valence-electron chi connectivity index (χ2n) is 5.74. The van der Waals surface area contributed by atoms with Gasteiger partial charge in [-0.1, -0.05) is 66.2 Å². The predicted octanol–water partition coefficient (Wildman–Crippen LogP) is 5.50. The largest absolute Gasteiger partial charge is 0.0905 e. The van der Waals surface area contributed by atoms with Crippen LogP contribution in [0.4, 0.5) is 0 Å². The van der Waals surface area contributed by atoms with E-state index in [1.54, 1.807) is 0 Å². The van der Waals surface area contributed by atoms with E-state index in [0.29, 0.717) is 0 Å². The summed E-state index contributed by atoms with van der Waals surface area (Å²) in [7, 11) is 0. The van der Waals surface area contributed by atoms with Crippen molar-refractivity contribution < 1.29 is 0 Å². The predicted molar refractivity (Wildman–Crippen MR) is 87.0 cm³/mol. The summed E-state index contributed by atoms with van der Waals surface area (Å²) >= 11 is 0. The highest BCUT2D eigenvalue weighted by Gasteiger charge is 2.23. The van der Waals surface area contributed by atoms with Crippen molar-refractivity contribution in [1.29, 1.82) is 0 Å². The average Bonchev–Trinajstić information content (AvgIpc) is 2.72. The highest BCUT2D eigenvalue weighted by atomic mass is 14.3. The Balaban J connectivity index is 2.11. The molecule has 0 N–H and O–H groups in total. The van der Waals surface area contributed by atoms with Crippen LogP contribution in [0, 0.1) is 13.8 Å². The first-order valence-electron chi connectivity index (χ1n) is 6.99. The van der Waals surface area contributed by atoms with Gasteiger partial charge in [-0.05, 0) is 52.4 Å². The van der Waals surface area contributed by atoms with Crippen LogP contribution < -0.4 is 0 Å². The van der Waals surface area contributed by atoms with Crippen molar-refractivity contribution in [2.75, 3.05) is 0 Å². The summed E-state index contributed by atoms with van der Waals surface area (Å²) < 4.78 is 0. The van der Waals surface area contributed by atoms with Gasteiger partial charge in [0.05, 0.1) is 0 Å². The number of benzene rings is 3. The topological polar surface area (TPSA) is 0 Å². The summed E-state index contributed by atoms with van der Waals surface area (Å²) in [6.45, 7) is 8.63. The molecule has 0 saturated carbocycles. The Hall–Kier alpha value is -2.34. The van der Waals surface area contributed by atoms with Gasteiger partial charge in [0.2, 0.25) is 0 Å².